The summed E-state index contributed by atoms with van der Waals surface area (Å²) in [5.41, 5.74) is 2.12. The minimum absolute atomic E-state index is 0.0980. The van der Waals surface area contributed by atoms with Gasteiger partial charge in [-0.25, -0.2) is 0 Å². The van der Waals surface area contributed by atoms with E-state index < -0.39 is 0 Å². The van der Waals surface area contributed by atoms with Crippen molar-refractivity contribution in [2.24, 2.45) is 4.99 Å². The summed E-state index contributed by atoms with van der Waals surface area (Å²) in [6.07, 6.45) is 0.998. The number of methoxy groups -OCH3 is 1. The number of rotatable bonds is 6. The molecule has 0 bridgehead atoms. The topological polar surface area (TPSA) is 64.1 Å². The van der Waals surface area contributed by atoms with Gasteiger partial charge in [0.15, 0.2) is 17.5 Å². The fraction of sp³-hybridized carbons (Fsp3) is 0.350. The Morgan fingerprint density at radius 1 is 1.23 bits per heavy atom. The summed E-state index contributed by atoms with van der Waals surface area (Å²) in [5.74, 6) is 3.05. The summed E-state index contributed by atoms with van der Waals surface area (Å²) < 4.78 is 16.9. The molecule has 1 atom stereocenters. The molecule has 26 heavy (non-hydrogen) atoms. The van der Waals surface area contributed by atoms with E-state index in [-0.39, 0.29) is 6.10 Å². The second kappa shape index (κ2) is 8.47. The Morgan fingerprint density at radius 2 is 2.08 bits per heavy atom. The van der Waals surface area contributed by atoms with Crippen LogP contribution in [0.3, 0.4) is 0 Å². The van der Waals surface area contributed by atoms with E-state index in [1.165, 1.54) is 5.56 Å². The lowest BCUT2D eigenvalue weighted by atomic mass is 10.1. The van der Waals surface area contributed by atoms with Crippen LogP contribution in [0.25, 0.3) is 0 Å². The third kappa shape index (κ3) is 4.20. The van der Waals surface area contributed by atoms with Gasteiger partial charge < -0.3 is 24.8 Å². The molecule has 3 rings (SSSR count). The zero-order chi connectivity index (χ0) is 18.4. The summed E-state index contributed by atoms with van der Waals surface area (Å²) in [4.78, 5) is 4.27. The van der Waals surface area contributed by atoms with E-state index in [1.54, 1.807) is 14.2 Å². The van der Waals surface area contributed by atoms with Crippen LogP contribution in [0.1, 0.15) is 12.5 Å². The summed E-state index contributed by atoms with van der Waals surface area (Å²) >= 11 is 0. The van der Waals surface area contributed by atoms with Crippen LogP contribution in [0.2, 0.25) is 0 Å². The molecule has 0 saturated carbocycles. The molecule has 1 heterocycles. The second-order valence-electron chi connectivity index (χ2n) is 5.93. The fourth-order valence-corrected chi connectivity index (χ4v) is 2.91. The maximum Gasteiger partial charge on any atom is 0.195 e. The molecule has 1 aliphatic heterocycles. The molecule has 0 spiro atoms. The second-order valence-corrected chi connectivity index (χ2v) is 5.93. The molecule has 6 heteroatoms. The molecule has 2 N–H and O–H groups in total. The SMILES string of the molecule is CCOc1ccc(NC(=NC)NCC2Cc3ccccc3O2)cc1OC. The van der Waals surface area contributed by atoms with Gasteiger partial charge in [-0.2, -0.15) is 0 Å². The van der Waals surface area contributed by atoms with Crippen molar-refractivity contribution in [1.29, 1.82) is 0 Å². The van der Waals surface area contributed by atoms with Gasteiger partial charge in [0.05, 0.1) is 20.3 Å². The van der Waals surface area contributed by atoms with E-state index in [9.17, 15) is 0 Å². The first-order valence-electron chi connectivity index (χ1n) is 8.76. The number of guanidine groups is 1. The number of nitrogens with one attached hydrogen (secondary N) is 2. The molecule has 0 radical (unpaired) electrons. The van der Waals surface area contributed by atoms with Crippen molar-refractivity contribution < 1.29 is 14.2 Å². The van der Waals surface area contributed by atoms with E-state index >= 15 is 0 Å². The summed E-state index contributed by atoms with van der Waals surface area (Å²) in [7, 11) is 3.37. The van der Waals surface area contributed by atoms with Crippen LogP contribution in [-0.4, -0.2) is 39.4 Å². The predicted octanol–water partition coefficient (Wildman–Crippen LogP) is 3.08. The number of hydrogen-bond acceptors (Lipinski definition) is 4. The van der Waals surface area contributed by atoms with Crippen LogP contribution >= 0.6 is 0 Å². The van der Waals surface area contributed by atoms with Crippen molar-refractivity contribution >= 4 is 11.6 Å². The van der Waals surface area contributed by atoms with Crippen molar-refractivity contribution in [3.05, 3.63) is 48.0 Å². The minimum atomic E-state index is 0.0980. The minimum Gasteiger partial charge on any atom is -0.493 e. The number of para-hydroxylation sites is 1. The molecule has 0 aromatic heterocycles. The predicted molar refractivity (Wildman–Crippen MR) is 104 cm³/mol. The Balaban J connectivity index is 1.57. The standard InChI is InChI=1S/C20H25N3O3/c1-4-25-18-10-9-15(12-19(18)24-3)23-20(21-2)22-13-16-11-14-7-5-6-8-17(14)26-16/h5-10,12,16H,4,11,13H2,1-3H3,(H2,21,22,23). The molecule has 0 amide bonds. The number of hydrogen-bond donors (Lipinski definition) is 2. The van der Waals surface area contributed by atoms with Crippen molar-refractivity contribution in [1.82, 2.24) is 5.32 Å². The summed E-state index contributed by atoms with van der Waals surface area (Å²) in [6, 6.07) is 13.9. The Bertz CT molecular complexity index is 752. The number of ether oxygens (including phenoxy) is 3. The lowest BCUT2D eigenvalue weighted by Gasteiger charge is -2.16. The van der Waals surface area contributed by atoms with Gasteiger partial charge in [0.1, 0.15) is 11.9 Å². The first-order valence-corrected chi connectivity index (χ1v) is 8.76. The molecule has 0 fully saturated rings. The third-order valence-electron chi connectivity index (χ3n) is 4.16. The van der Waals surface area contributed by atoms with Crippen LogP contribution in [-0.2, 0) is 6.42 Å². The van der Waals surface area contributed by atoms with Gasteiger partial charge in [0.2, 0.25) is 0 Å². The van der Waals surface area contributed by atoms with Gasteiger partial charge in [0, 0.05) is 25.2 Å². The van der Waals surface area contributed by atoms with Crippen molar-refractivity contribution in [3.63, 3.8) is 0 Å². The maximum atomic E-state index is 5.95. The number of anilines is 1. The van der Waals surface area contributed by atoms with Gasteiger partial charge in [-0.3, -0.25) is 4.99 Å². The molecule has 138 valence electrons. The zero-order valence-electron chi connectivity index (χ0n) is 15.4. The number of aliphatic imine (C=N–C) groups is 1. The van der Waals surface area contributed by atoms with E-state index in [1.807, 2.05) is 43.3 Å². The average Bonchev–Trinajstić information content (AvgIpc) is 3.09. The van der Waals surface area contributed by atoms with Gasteiger partial charge in [-0.1, -0.05) is 18.2 Å². The monoisotopic (exact) mass is 355 g/mol. The molecule has 0 aliphatic carbocycles. The van der Waals surface area contributed by atoms with Gasteiger partial charge in [0.25, 0.3) is 0 Å². The molecule has 2 aromatic rings. The lowest BCUT2D eigenvalue weighted by Crippen LogP contribution is -2.38. The van der Waals surface area contributed by atoms with Crippen LogP contribution in [0.4, 0.5) is 5.69 Å². The molecule has 2 aromatic carbocycles. The fourth-order valence-electron chi connectivity index (χ4n) is 2.91. The first kappa shape index (κ1) is 17.9. The Hall–Kier alpha value is -2.89. The summed E-state index contributed by atoms with van der Waals surface area (Å²) in [5, 5.41) is 6.58. The van der Waals surface area contributed by atoms with E-state index in [0.29, 0.717) is 24.9 Å². The number of fused-ring (bicyclic) bond motifs is 1. The van der Waals surface area contributed by atoms with Gasteiger partial charge in [-0.15, -0.1) is 0 Å². The van der Waals surface area contributed by atoms with E-state index in [0.717, 1.165) is 23.6 Å². The van der Waals surface area contributed by atoms with Crippen LogP contribution in [0, 0.1) is 0 Å². The van der Waals surface area contributed by atoms with Crippen LogP contribution in [0.15, 0.2) is 47.5 Å². The van der Waals surface area contributed by atoms with Crippen molar-refractivity contribution in [2.45, 2.75) is 19.4 Å². The Labute approximate surface area is 154 Å². The molecule has 6 nitrogen and oxygen atoms in total. The maximum absolute atomic E-state index is 5.95. The highest BCUT2D eigenvalue weighted by Gasteiger charge is 2.22. The first-order chi connectivity index (χ1) is 12.7. The molecule has 1 aliphatic rings. The highest BCUT2D eigenvalue weighted by atomic mass is 16.5. The largest absolute Gasteiger partial charge is 0.493 e. The molecular formula is C20H25N3O3. The zero-order valence-corrected chi connectivity index (χ0v) is 15.4. The quantitative estimate of drug-likeness (QED) is 0.616. The molecular weight excluding hydrogens is 330 g/mol. The highest BCUT2D eigenvalue weighted by Crippen LogP contribution is 2.30. The van der Waals surface area contributed by atoms with E-state index in [2.05, 4.69) is 21.7 Å². The smallest absolute Gasteiger partial charge is 0.195 e. The van der Waals surface area contributed by atoms with Gasteiger partial charge in [-0.05, 0) is 30.7 Å². The van der Waals surface area contributed by atoms with E-state index in [4.69, 9.17) is 14.2 Å². The third-order valence-corrected chi connectivity index (χ3v) is 4.16. The molecule has 1 unspecified atom stereocenters. The highest BCUT2D eigenvalue weighted by molar-refractivity contribution is 5.93. The number of benzene rings is 2. The Kier molecular flexibility index (Phi) is 5.84. The normalized spacial score (nSPS) is 15.8. The van der Waals surface area contributed by atoms with Crippen LogP contribution < -0.4 is 24.8 Å². The average molecular weight is 355 g/mol. The Morgan fingerprint density at radius 3 is 2.81 bits per heavy atom. The van der Waals surface area contributed by atoms with Crippen molar-refractivity contribution in [3.8, 4) is 17.2 Å². The summed E-state index contributed by atoms with van der Waals surface area (Å²) in [6.45, 7) is 3.21. The lowest BCUT2D eigenvalue weighted by molar-refractivity contribution is 0.235. The molecule has 0 saturated heterocycles. The van der Waals surface area contributed by atoms with Crippen LogP contribution in [0.5, 0.6) is 17.2 Å². The van der Waals surface area contributed by atoms with Gasteiger partial charge >= 0.3 is 0 Å². The number of nitrogens with zero attached hydrogens (tertiary/aromatic N) is 1. The van der Waals surface area contributed by atoms with Crippen molar-refractivity contribution in [2.75, 3.05) is 32.6 Å².